The molecule has 2 aliphatic rings. The highest BCUT2D eigenvalue weighted by atomic mass is 32.2. The van der Waals surface area contributed by atoms with Crippen molar-refractivity contribution in [2.24, 2.45) is 7.05 Å². The van der Waals surface area contributed by atoms with Crippen LogP contribution in [0.25, 0.3) is 0 Å². The molecule has 1 aromatic carbocycles. The average Bonchev–Trinajstić information content (AvgIpc) is 3.38. The third-order valence-electron chi connectivity index (χ3n) is 5.93. The molecule has 1 fully saturated rings. The van der Waals surface area contributed by atoms with E-state index in [0.29, 0.717) is 31.1 Å². The second-order valence-corrected chi connectivity index (χ2v) is 9.69. The fraction of sp³-hybridized carbons (Fsp3) is 0.476. The molecule has 3 heterocycles. The van der Waals surface area contributed by atoms with E-state index in [1.54, 1.807) is 29.8 Å². The molecule has 0 atom stereocenters. The topological polar surface area (TPSA) is 71.8 Å². The number of hydrogen-bond donors (Lipinski definition) is 0. The number of aryl methyl sites for hydroxylation is 2. The predicted molar refractivity (Wildman–Crippen MR) is 111 cm³/mol. The van der Waals surface area contributed by atoms with Crippen molar-refractivity contribution in [1.29, 1.82) is 0 Å². The van der Waals surface area contributed by atoms with Gasteiger partial charge >= 0.3 is 0 Å². The van der Waals surface area contributed by atoms with Gasteiger partial charge in [-0.3, -0.25) is 4.79 Å². The molecule has 7 nitrogen and oxygen atoms in total. The molecule has 0 bridgehead atoms. The molecule has 4 rings (SSSR count). The zero-order valence-corrected chi connectivity index (χ0v) is 18.0. The minimum absolute atomic E-state index is 0.179. The van der Waals surface area contributed by atoms with Crippen molar-refractivity contribution in [2.45, 2.75) is 37.5 Å². The minimum Gasteiger partial charge on any atom is -0.495 e. The number of carbonyl (C=O) groups is 1. The first-order valence-corrected chi connectivity index (χ1v) is 11.4. The second kappa shape index (κ2) is 7.50. The molecule has 0 aliphatic carbocycles. The zero-order chi connectivity index (χ0) is 20.8. The number of aromatic nitrogens is 1. The van der Waals surface area contributed by atoms with E-state index in [2.05, 4.69) is 0 Å². The Balaban J connectivity index is 1.73. The molecular formula is C21H27N3O4S. The van der Waals surface area contributed by atoms with Gasteiger partial charge in [0.1, 0.15) is 16.3 Å². The third-order valence-corrected chi connectivity index (χ3v) is 7.79. The molecule has 2 aliphatic heterocycles. The summed E-state index contributed by atoms with van der Waals surface area (Å²) >= 11 is 0. The van der Waals surface area contributed by atoms with Gasteiger partial charge in [-0.2, -0.15) is 4.31 Å². The van der Waals surface area contributed by atoms with Crippen LogP contribution in [0.3, 0.4) is 0 Å². The van der Waals surface area contributed by atoms with Crippen LogP contribution in [0.4, 0.5) is 5.69 Å². The molecule has 0 N–H and O–H groups in total. The molecule has 0 saturated carbocycles. The van der Waals surface area contributed by atoms with Gasteiger partial charge < -0.3 is 14.2 Å². The number of sulfonamides is 1. The molecule has 29 heavy (non-hydrogen) atoms. The van der Waals surface area contributed by atoms with Gasteiger partial charge in [-0.15, -0.1) is 0 Å². The maximum atomic E-state index is 13.5. The third kappa shape index (κ3) is 3.34. The van der Waals surface area contributed by atoms with Crippen molar-refractivity contribution in [2.75, 3.05) is 31.6 Å². The lowest BCUT2D eigenvalue weighted by Gasteiger charge is -2.32. The zero-order valence-electron chi connectivity index (χ0n) is 17.1. The molecule has 1 aromatic heterocycles. The number of nitrogens with zero attached hydrogens (tertiary/aromatic N) is 3. The summed E-state index contributed by atoms with van der Waals surface area (Å²) in [4.78, 5) is 15.4. The van der Waals surface area contributed by atoms with Crippen LogP contribution < -0.4 is 9.64 Å². The predicted octanol–water partition coefficient (Wildman–Crippen LogP) is 2.72. The first kappa shape index (κ1) is 20.0. The summed E-state index contributed by atoms with van der Waals surface area (Å²) in [7, 11) is -0.248. The van der Waals surface area contributed by atoms with Gasteiger partial charge in [0, 0.05) is 32.9 Å². The van der Waals surface area contributed by atoms with Crippen LogP contribution in [0.15, 0.2) is 29.3 Å². The van der Waals surface area contributed by atoms with Crippen LogP contribution in [-0.2, 0) is 23.5 Å². The fourth-order valence-electron chi connectivity index (χ4n) is 4.32. The standard InChI is InChI=1S/C21H27N3O4S/c1-15-8-9-19(28-3)20-17(15)7-6-12-24(20)21(25)18-13-16(14-22(18)2)29(26,27)23-10-4-5-11-23/h8-9,13-14H,4-7,10-12H2,1-3H3. The van der Waals surface area contributed by atoms with Crippen molar-refractivity contribution in [1.82, 2.24) is 8.87 Å². The molecule has 0 radical (unpaired) electrons. The Hall–Kier alpha value is -2.32. The van der Waals surface area contributed by atoms with Crippen molar-refractivity contribution < 1.29 is 17.9 Å². The number of fused-ring (bicyclic) bond motifs is 1. The molecule has 8 heteroatoms. The molecule has 2 aromatic rings. The van der Waals surface area contributed by atoms with Crippen LogP contribution in [0.1, 0.15) is 40.9 Å². The number of rotatable bonds is 4. The summed E-state index contributed by atoms with van der Waals surface area (Å²) in [6.07, 6.45) is 5.04. The summed E-state index contributed by atoms with van der Waals surface area (Å²) in [5, 5.41) is 0. The van der Waals surface area contributed by atoms with E-state index in [1.807, 2.05) is 19.1 Å². The Morgan fingerprint density at radius 2 is 1.83 bits per heavy atom. The number of amides is 1. The Morgan fingerprint density at radius 3 is 2.52 bits per heavy atom. The average molecular weight is 418 g/mol. The van der Waals surface area contributed by atoms with Gasteiger partial charge in [0.05, 0.1) is 12.8 Å². The number of benzene rings is 1. The number of hydrogen-bond acceptors (Lipinski definition) is 4. The van der Waals surface area contributed by atoms with E-state index in [4.69, 9.17) is 4.74 Å². The molecule has 1 amide bonds. The lowest BCUT2D eigenvalue weighted by atomic mass is 9.96. The van der Waals surface area contributed by atoms with Crippen molar-refractivity contribution in [3.63, 3.8) is 0 Å². The van der Waals surface area contributed by atoms with Crippen LogP contribution in [0.2, 0.25) is 0 Å². The van der Waals surface area contributed by atoms with Crippen molar-refractivity contribution >= 4 is 21.6 Å². The highest BCUT2D eigenvalue weighted by Crippen LogP contribution is 2.39. The molecule has 1 saturated heterocycles. The van der Waals surface area contributed by atoms with Crippen LogP contribution in [0, 0.1) is 6.92 Å². The van der Waals surface area contributed by atoms with E-state index in [0.717, 1.165) is 42.5 Å². The highest BCUT2D eigenvalue weighted by Gasteiger charge is 2.32. The van der Waals surface area contributed by atoms with E-state index in [1.165, 1.54) is 10.4 Å². The Kier molecular flexibility index (Phi) is 5.16. The number of anilines is 1. The summed E-state index contributed by atoms with van der Waals surface area (Å²) in [6.45, 7) is 3.69. The molecule has 0 unspecified atom stereocenters. The van der Waals surface area contributed by atoms with E-state index in [9.17, 15) is 13.2 Å². The lowest BCUT2D eigenvalue weighted by molar-refractivity contribution is 0.0976. The van der Waals surface area contributed by atoms with E-state index >= 15 is 0 Å². The maximum absolute atomic E-state index is 13.5. The molecular weight excluding hydrogens is 390 g/mol. The minimum atomic E-state index is -3.57. The van der Waals surface area contributed by atoms with E-state index in [-0.39, 0.29) is 10.8 Å². The quantitative estimate of drug-likeness (QED) is 0.767. The fourth-order valence-corrected chi connectivity index (χ4v) is 5.91. The van der Waals surface area contributed by atoms with Gasteiger partial charge in [-0.1, -0.05) is 6.07 Å². The number of methoxy groups -OCH3 is 1. The van der Waals surface area contributed by atoms with Crippen LogP contribution in [0.5, 0.6) is 5.75 Å². The summed E-state index contributed by atoms with van der Waals surface area (Å²) in [5.74, 6) is 0.456. The van der Waals surface area contributed by atoms with Crippen molar-refractivity contribution in [3.05, 3.63) is 41.2 Å². The normalized spacial score (nSPS) is 17.4. The first-order chi connectivity index (χ1) is 13.8. The van der Waals surface area contributed by atoms with Crippen LogP contribution in [-0.4, -0.2) is 49.9 Å². The van der Waals surface area contributed by atoms with Gasteiger partial charge in [-0.25, -0.2) is 8.42 Å². The van der Waals surface area contributed by atoms with Crippen LogP contribution >= 0.6 is 0 Å². The summed E-state index contributed by atoms with van der Waals surface area (Å²) in [6, 6.07) is 5.40. The van der Waals surface area contributed by atoms with Gasteiger partial charge in [0.2, 0.25) is 10.0 Å². The molecule has 156 valence electrons. The van der Waals surface area contributed by atoms with E-state index < -0.39 is 10.0 Å². The Bertz CT molecular complexity index is 1050. The second-order valence-electron chi connectivity index (χ2n) is 7.76. The van der Waals surface area contributed by atoms with Gasteiger partial charge in [0.25, 0.3) is 5.91 Å². The smallest absolute Gasteiger partial charge is 0.275 e. The summed E-state index contributed by atoms with van der Waals surface area (Å²) in [5.41, 5.74) is 3.40. The van der Waals surface area contributed by atoms with Crippen molar-refractivity contribution in [3.8, 4) is 5.75 Å². The maximum Gasteiger partial charge on any atom is 0.275 e. The largest absolute Gasteiger partial charge is 0.495 e. The Labute approximate surface area is 171 Å². The van der Waals surface area contributed by atoms with Gasteiger partial charge in [0.15, 0.2) is 0 Å². The Morgan fingerprint density at radius 1 is 1.10 bits per heavy atom. The summed E-state index contributed by atoms with van der Waals surface area (Å²) < 4.78 is 34.5. The number of ether oxygens (including phenoxy) is 1. The highest BCUT2D eigenvalue weighted by molar-refractivity contribution is 7.89. The molecule has 0 spiro atoms. The monoisotopic (exact) mass is 417 g/mol. The lowest BCUT2D eigenvalue weighted by Crippen LogP contribution is -2.37. The SMILES string of the molecule is COc1ccc(C)c2c1N(C(=O)c1cc(S(=O)(=O)N3CCCC3)cn1C)CCC2. The van der Waals surface area contributed by atoms with Gasteiger partial charge in [-0.05, 0) is 55.9 Å². The number of carbonyl (C=O) groups excluding carboxylic acids is 1. The first-order valence-electron chi connectivity index (χ1n) is 9.99.